The van der Waals surface area contributed by atoms with Gasteiger partial charge in [-0.1, -0.05) is 29.8 Å². The maximum absolute atomic E-state index is 12.9. The van der Waals surface area contributed by atoms with Gasteiger partial charge >= 0.3 is 0 Å². The maximum Gasteiger partial charge on any atom is 0.226 e. The molecule has 0 radical (unpaired) electrons. The smallest absolute Gasteiger partial charge is 0.226 e. The molecule has 0 fully saturated rings. The molecule has 2 aromatic carbocycles. The van der Waals surface area contributed by atoms with E-state index in [1.165, 1.54) is 17.7 Å². The number of nitrogens with one attached hydrogen (secondary N) is 3. The van der Waals surface area contributed by atoms with Crippen LogP contribution in [0.2, 0.25) is 0 Å². The van der Waals surface area contributed by atoms with Gasteiger partial charge in [0.15, 0.2) is 5.96 Å². The van der Waals surface area contributed by atoms with E-state index in [4.69, 9.17) is 4.42 Å². The van der Waals surface area contributed by atoms with Gasteiger partial charge in [-0.2, -0.15) is 0 Å². The zero-order chi connectivity index (χ0) is 22.8. The van der Waals surface area contributed by atoms with Gasteiger partial charge in [0.2, 0.25) is 11.8 Å². The van der Waals surface area contributed by atoms with Crippen molar-refractivity contribution >= 4 is 35.8 Å². The van der Waals surface area contributed by atoms with Gasteiger partial charge in [0.05, 0.1) is 13.0 Å². The highest BCUT2D eigenvalue weighted by molar-refractivity contribution is 14.0. The van der Waals surface area contributed by atoms with Crippen LogP contribution >= 0.6 is 24.0 Å². The lowest BCUT2D eigenvalue weighted by Crippen LogP contribution is -2.41. The molecule has 9 heteroatoms. The Labute approximate surface area is 210 Å². The Bertz CT molecular complexity index is 1040. The van der Waals surface area contributed by atoms with Crippen LogP contribution in [0.15, 0.2) is 64.2 Å². The molecule has 1 aromatic heterocycles. The first-order valence-electron chi connectivity index (χ1n) is 10.6. The molecule has 1 amide bonds. The predicted octanol–water partition coefficient (Wildman–Crippen LogP) is 3.82. The lowest BCUT2D eigenvalue weighted by atomic mass is 10.1. The van der Waals surface area contributed by atoms with E-state index < -0.39 is 0 Å². The molecule has 0 saturated carbocycles. The summed E-state index contributed by atoms with van der Waals surface area (Å²) >= 11 is 0. The Kier molecular flexibility index (Phi) is 10.8. The second-order valence-corrected chi connectivity index (χ2v) is 7.29. The number of benzene rings is 2. The number of oxazole rings is 1. The predicted molar refractivity (Wildman–Crippen MR) is 138 cm³/mol. The Balaban J connectivity index is 0.00000385. The van der Waals surface area contributed by atoms with E-state index in [1.807, 2.05) is 38.1 Å². The van der Waals surface area contributed by atoms with Gasteiger partial charge in [-0.3, -0.25) is 4.79 Å². The summed E-state index contributed by atoms with van der Waals surface area (Å²) in [6.45, 7) is 6.03. The van der Waals surface area contributed by atoms with Crippen molar-refractivity contribution in [3.8, 4) is 11.5 Å². The number of amides is 1. The monoisotopic (exact) mass is 565 g/mol. The number of carbonyl (C=O) groups is 1. The highest BCUT2D eigenvalue weighted by Crippen LogP contribution is 2.19. The van der Waals surface area contributed by atoms with E-state index >= 15 is 0 Å². The van der Waals surface area contributed by atoms with Crippen LogP contribution in [0.4, 0.5) is 4.39 Å². The molecule has 33 heavy (non-hydrogen) atoms. The summed E-state index contributed by atoms with van der Waals surface area (Å²) in [5, 5.41) is 9.18. The molecule has 0 spiro atoms. The molecule has 0 aliphatic rings. The van der Waals surface area contributed by atoms with E-state index in [-0.39, 0.29) is 42.1 Å². The van der Waals surface area contributed by atoms with Crippen molar-refractivity contribution in [2.24, 2.45) is 4.99 Å². The minimum Gasteiger partial charge on any atom is -0.444 e. The van der Waals surface area contributed by atoms with E-state index in [0.29, 0.717) is 38.0 Å². The minimum absolute atomic E-state index is 0. The molecule has 1 heterocycles. The molecule has 0 aliphatic heterocycles. The lowest BCUT2D eigenvalue weighted by molar-refractivity contribution is -0.120. The lowest BCUT2D eigenvalue weighted by Gasteiger charge is -2.11. The number of carbonyl (C=O) groups excluding carboxylic acids is 1. The van der Waals surface area contributed by atoms with Crippen LogP contribution in [-0.4, -0.2) is 36.5 Å². The standard InChI is InChI=1S/C24H28FN5O2.HI/c1-3-26-24(28-13-12-27-22(31)14-18-6-10-20(25)11-7-18)29-15-21-16-32-23(30-21)19-8-4-17(2)5-9-19;/h4-11,16H,3,12-15H2,1-2H3,(H,27,31)(H2,26,28,29);1H. The Hall–Kier alpha value is -2.95. The molecule has 176 valence electrons. The van der Waals surface area contributed by atoms with Gasteiger partial charge in [-0.05, 0) is 43.7 Å². The number of hydrogen-bond donors (Lipinski definition) is 3. The van der Waals surface area contributed by atoms with Gasteiger partial charge in [-0.25, -0.2) is 14.4 Å². The third-order valence-electron chi connectivity index (χ3n) is 4.61. The molecule has 3 aromatic rings. The van der Waals surface area contributed by atoms with E-state index in [1.54, 1.807) is 18.4 Å². The molecular formula is C24H29FIN5O2. The highest BCUT2D eigenvalue weighted by atomic mass is 127. The molecule has 3 rings (SSSR count). The van der Waals surface area contributed by atoms with Crippen molar-refractivity contribution in [2.75, 3.05) is 19.6 Å². The van der Waals surface area contributed by atoms with Crippen LogP contribution in [0, 0.1) is 12.7 Å². The van der Waals surface area contributed by atoms with Crippen LogP contribution in [0.3, 0.4) is 0 Å². The number of hydrogen-bond acceptors (Lipinski definition) is 4. The van der Waals surface area contributed by atoms with E-state index in [2.05, 4.69) is 25.9 Å². The van der Waals surface area contributed by atoms with Crippen molar-refractivity contribution in [3.63, 3.8) is 0 Å². The van der Waals surface area contributed by atoms with Crippen molar-refractivity contribution in [1.29, 1.82) is 0 Å². The molecule has 0 unspecified atom stereocenters. The van der Waals surface area contributed by atoms with Gasteiger partial charge in [0, 0.05) is 25.2 Å². The average molecular weight is 565 g/mol. The Morgan fingerprint density at radius 2 is 1.73 bits per heavy atom. The summed E-state index contributed by atoms with van der Waals surface area (Å²) in [6.07, 6.45) is 1.82. The molecule has 3 N–H and O–H groups in total. The van der Waals surface area contributed by atoms with Gasteiger partial charge < -0.3 is 20.4 Å². The number of halogens is 2. The summed E-state index contributed by atoms with van der Waals surface area (Å²) in [5.74, 6) is 0.759. The molecular weight excluding hydrogens is 536 g/mol. The fourth-order valence-corrected chi connectivity index (χ4v) is 2.94. The molecule has 0 saturated heterocycles. The van der Waals surface area contributed by atoms with Gasteiger partial charge in [0.1, 0.15) is 17.8 Å². The highest BCUT2D eigenvalue weighted by Gasteiger charge is 2.07. The second-order valence-electron chi connectivity index (χ2n) is 7.29. The third kappa shape index (κ3) is 8.83. The first kappa shape index (κ1) is 26.3. The zero-order valence-electron chi connectivity index (χ0n) is 18.7. The van der Waals surface area contributed by atoms with Crippen molar-refractivity contribution in [2.45, 2.75) is 26.8 Å². The largest absolute Gasteiger partial charge is 0.444 e. The summed E-state index contributed by atoms with van der Waals surface area (Å²) in [6, 6.07) is 13.9. The molecule has 7 nitrogen and oxygen atoms in total. The van der Waals surface area contributed by atoms with Crippen LogP contribution in [-0.2, 0) is 17.8 Å². The molecule has 0 aliphatic carbocycles. The normalized spacial score (nSPS) is 10.9. The van der Waals surface area contributed by atoms with Crippen LogP contribution in [0.25, 0.3) is 11.5 Å². The topological polar surface area (TPSA) is 91.6 Å². The van der Waals surface area contributed by atoms with Gasteiger partial charge in [-0.15, -0.1) is 24.0 Å². The van der Waals surface area contributed by atoms with Gasteiger partial charge in [0.25, 0.3) is 0 Å². The summed E-state index contributed by atoms with van der Waals surface area (Å²) in [7, 11) is 0. The third-order valence-corrected chi connectivity index (χ3v) is 4.61. The van der Waals surface area contributed by atoms with Crippen LogP contribution in [0.5, 0.6) is 0 Å². The molecule has 0 bridgehead atoms. The summed E-state index contributed by atoms with van der Waals surface area (Å²) in [4.78, 5) is 21.0. The minimum atomic E-state index is -0.314. The second kappa shape index (κ2) is 13.6. The van der Waals surface area contributed by atoms with Crippen molar-refractivity contribution in [1.82, 2.24) is 20.9 Å². The number of nitrogens with zero attached hydrogens (tertiary/aromatic N) is 2. The first-order valence-corrected chi connectivity index (χ1v) is 10.6. The van der Waals surface area contributed by atoms with E-state index in [0.717, 1.165) is 16.8 Å². The number of aromatic nitrogens is 1. The summed E-state index contributed by atoms with van der Waals surface area (Å²) < 4.78 is 18.5. The number of guanidine groups is 1. The molecule has 0 atom stereocenters. The fourth-order valence-electron chi connectivity index (χ4n) is 2.94. The summed E-state index contributed by atoms with van der Waals surface area (Å²) in [5.41, 5.74) is 3.60. The zero-order valence-corrected chi connectivity index (χ0v) is 21.1. The average Bonchev–Trinajstić information content (AvgIpc) is 3.26. The van der Waals surface area contributed by atoms with Crippen LogP contribution in [0.1, 0.15) is 23.7 Å². The van der Waals surface area contributed by atoms with E-state index in [9.17, 15) is 9.18 Å². The quantitative estimate of drug-likeness (QED) is 0.159. The maximum atomic E-state index is 12.9. The Morgan fingerprint density at radius 3 is 2.42 bits per heavy atom. The SMILES string of the molecule is CCNC(=NCc1coc(-c2ccc(C)cc2)n1)NCCNC(=O)Cc1ccc(F)cc1.I. The number of rotatable bonds is 9. The van der Waals surface area contributed by atoms with Crippen LogP contribution < -0.4 is 16.0 Å². The fraction of sp³-hybridized carbons (Fsp3) is 0.292. The van der Waals surface area contributed by atoms with Crippen molar-refractivity contribution in [3.05, 3.63) is 77.4 Å². The number of aryl methyl sites for hydroxylation is 1. The Morgan fingerprint density at radius 1 is 1.03 bits per heavy atom. The number of aliphatic imine (C=N–C) groups is 1. The first-order chi connectivity index (χ1) is 15.5. The van der Waals surface area contributed by atoms with Crippen molar-refractivity contribution < 1.29 is 13.6 Å².